The number of hydrogen-bond acceptors (Lipinski definition) is 1. The first kappa shape index (κ1) is 12.9. The second-order valence-corrected chi connectivity index (χ2v) is 4.78. The van der Waals surface area contributed by atoms with Crippen LogP contribution >= 0.6 is 11.6 Å². The van der Waals surface area contributed by atoms with Crippen LogP contribution in [0.1, 0.15) is 27.3 Å². The third-order valence-electron chi connectivity index (χ3n) is 3.15. The van der Waals surface area contributed by atoms with E-state index in [1.165, 1.54) is 5.56 Å². The zero-order valence-electron chi connectivity index (χ0n) is 10.8. The van der Waals surface area contributed by atoms with Crippen molar-refractivity contribution in [3.05, 3.63) is 52.8 Å². The topological polar surface area (TPSA) is 22.0 Å². The maximum atomic E-state index is 11.7. The average Bonchev–Trinajstić information content (AvgIpc) is 2.65. The molecule has 3 heteroatoms. The van der Waals surface area contributed by atoms with Crippen LogP contribution in [0.2, 0.25) is 0 Å². The summed E-state index contributed by atoms with van der Waals surface area (Å²) in [6, 6.07) is 10.2. The normalized spacial score (nSPS) is 10.7. The van der Waals surface area contributed by atoms with Crippen molar-refractivity contribution >= 4 is 17.4 Å². The number of carbonyl (C=O) groups is 1. The fraction of sp³-hybridized carbons (Fsp3) is 0.267. The smallest absolute Gasteiger partial charge is 0.179 e. The van der Waals surface area contributed by atoms with Crippen molar-refractivity contribution in [2.75, 3.05) is 5.88 Å². The standard InChI is InChI=1S/C15H16ClNO/c1-10-4-6-13(7-5-10)17-11(2)8-14(12(17)3)15(18)9-16/h4-8H,9H2,1-3H3. The molecule has 1 aromatic heterocycles. The molecular weight excluding hydrogens is 246 g/mol. The molecule has 0 N–H and O–H groups in total. The van der Waals surface area contributed by atoms with Crippen molar-refractivity contribution in [2.45, 2.75) is 20.8 Å². The number of alkyl halides is 1. The highest BCUT2D eigenvalue weighted by molar-refractivity contribution is 6.30. The first-order valence-electron chi connectivity index (χ1n) is 5.89. The van der Waals surface area contributed by atoms with Gasteiger partial charge in [-0.05, 0) is 39.0 Å². The van der Waals surface area contributed by atoms with Gasteiger partial charge in [-0.25, -0.2) is 0 Å². The highest BCUT2D eigenvalue weighted by Gasteiger charge is 2.15. The molecule has 0 fully saturated rings. The van der Waals surface area contributed by atoms with Gasteiger partial charge in [0.25, 0.3) is 0 Å². The Kier molecular flexibility index (Phi) is 3.58. The van der Waals surface area contributed by atoms with Gasteiger partial charge in [-0.3, -0.25) is 4.79 Å². The number of benzene rings is 1. The molecule has 2 aromatic rings. The maximum Gasteiger partial charge on any atom is 0.179 e. The van der Waals surface area contributed by atoms with Gasteiger partial charge in [0.2, 0.25) is 0 Å². The van der Waals surface area contributed by atoms with E-state index in [0.717, 1.165) is 17.1 Å². The molecule has 0 spiro atoms. The Hall–Kier alpha value is -1.54. The molecule has 0 saturated carbocycles. The highest BCUT2D eigenvalue weighted by atomic mass is 35.5. The van der Waals surface area contributed by atoms with Crippen LogP contribution < -0.4 is 0 Å². The maximum absolute atomic E-state index is 11.7. The number of hydrogen-bond donors (Lipinski definition) is 0. The first-order chi connectivity index (χ1) is 8.54. The second kappa shape index (κ2) is 4.99. The van der Waals surface area contributed by atoms with Gasteiger partial charge in [0.05, 0.1) is 5.88 Å². The summed E-state index contributed by atoms with van der Waals surface area (Å²) in [5.74, 6) is 0.00110. The van der Waals surface area contributed by atoms with Crippen molar-refractivity contribution in [1.29, 1.82) is 0 Å². The van der Waals surface area contributed by atoms with E-state index in [2.05, 4.69) is 35.8 Å². The molecule has 0 radical (unpaired) electrons. The number of aryl methyl sites for hydroxylation is 2. The molecule has 0 aliphatic carbocycles. The van der Waals surface area contributed by atoms with Crippen LogP contribution in [0.3, 0.4) is 0 Å². The monoisotopic (exact) mass is 261 g/mol. The minimum absolute atomic E-state index is 0.0249. The van der Waals surface area contributed by atoms with E-state index in [-0.39, 0.29) is 11.7 Å². The van der Waals surface area contributed by atoms with Gasteiger partial charge in [0, 0.05) is 22.6 Å². The zero-order valence-corrected chi connectivity index (χ0v) is 11.6. The fourth-order valence-electron chi connectivity index (χ4n) is 2.21. The van der Waals surface area contributed by atoms with E-state index in [9.17, 15) is 4.79 Å². The minimum Gasteiger partial charge on any atom is -0.318 e. The van der Waals surface area contributed by atoms with Gasteiger partial charge in [-0.2, -0.15) is 0 Å². The van der Waals surface area contributed by atoms with Crippen LogP contribution in [0.4, 0.5) is 0 Å². The lowest BCUT2D eigenvalue weighted by Crippen LogP contribution is -2.04. The van der Waals surface area contributed by atoms with Gasteiger partial charge in [-0.15, -0.1) is 11.6 Å². The lowest BCUT2D eigenvalue weighted by Gasteiger charge is -2.10. The number of carbonyl (C=O) groups excluding carboxylic acids is 1. The summed E-state index contributed by atoms with van der Waals surface area (Å²) in [5, 5.41) is 0. The van der Waals surface area contributed by atoms with Crippen molar-refractivity contribution in [2.24, 2.45) is 0 Å². The van der Waals surface area contributed by atoms with Crippen molar-refractivity contribution in [3.8, 4) is 5.69 Å². The Labute approximate surface area is 112 Å². The predicted molar refractivity (Wildman–Crippen MR) is 75.0 cm³/mol. The molecule has 1 aromatic carbocycles. The quantitative estimate of drug-likeness (QED) is 0.608. The third-order valence-corrected chi connectivity index (χ3v) is 3.39. The summed E-state index contributed by atoms with van der Waals surface area (Å²) in [6.07, 6.45) is 0. The number of aromatic nitrogens is 1. The van der Waals surface area contributed by atoms with Crippen LogP contribution in [-0.4, -0.2) is 16.2 Å². The first-order valence-corrected chi connectivity index (χ1v) is 6.43. The van der Waals surface area contributed by atoms with Crippen molar-refractivity contribution in [1.82, 2.24) is 4.57 Å². The largest absolute Gasteiger partial charge is 0.318 e. The SMILES string of the molecule is Cc1ccc(-n2c(C)cc(C(=O)CCl)c2C)cc1. The third kappa shape index (κ3) is 2.21. The molecule has 1 heterocycles. The Bertz CT molecular complexity index is 581. The molecule has 2 rings (SSSR count). The highest BCUT2D eigenvalue weighted by Crippen LogP contribution is 2.21. The van der Waals surface area contributed by atoms with Crippen molar-refractivity contribution in [3.63, 3.8) is 0 Å². The van der Waals surface area contributed by atoms with E-state index in [0.29, 0.717) is 5.56 Å². The average molecular weight is 262 g/mol. The summed E-state index contributed by atoms with van der Waals surface area (Å²) in [4.78, 5) is 11.7. The van der Waals surface area contributed by atoms with Crippen LogP contribution in [-0.2, 0) is 0 Å². The molecular formula is C15H16ClNO. The van der Waals surface area contributed by atoms with Crippen LogP contribution in [0, 0.1) is 20.8 Å². The molecule has 94 valence electrons. The Morgan fingerprint density at radius 1 is 1.17 bits per heavy atom. The van der Waals surface area contributed by atoms with Gasteiger partial charge in [0.1, 0.15) is 0 Å². The molecule has 0 saturated heterocycles. The molecule has 0 aliphatic rings. The fourth-order valence-corrected chi connectivity index (χ4v) is 2.35. The number of ketones is 1. The van der Waals surface area contributed by atoms with Crippen LogP contribution in [0.15, 0.2) is 30.3 Å². The number of nitrogens with zero attached hydrogens (tertiary/aromatic N) is 1. The van der Waals surface area contributed by atoms with E-state index >= 15 is 0 Å². The lowest BCUT2D eigenvalue weighted by atomic mass is 10.2. The van der Waals surface area contributed by atoms with E-state index in [1.54, 1.807) is 0 Å². The molecule has 0 atom stereocenters. The van der Waals surface area contributed by atoms with Gasteiger partial charge >= 0.3 is 0 Å². The number of halogens is 1. The minimum atomic E-state index is -0.0249. The predicted octanol–water partition coefficient (Wildman–Crippen LogP) is 3.82. The van der Waals surface area contributed by atoms with Crippen LogP contribution in [0.5, 0.6) is 0 Å². The summed E-state index contributed by atoms with van der Waals surface area (Å²) < 4.78 is 2.08. The van der Waals surface area contributed by atoms with E-state index < -0.39 is 0 Å². The Balaban J connectivity index is 2.55. The van der Waals surface area contributed by atoms with E-state index in [4.69, 9.17) is 11.6 Å². The number of rotatable bonds is 3. The lowest BCUT2D eigenvalue weighted by molar-refractivity contribution is 0.102. The molecule has 0 unspecified atom stereocenters. The van der Waals surface area contributed by atoms with E-state index in [1.807, 2.05) is 19.9 Å². The summed E-state index contributed by atoms with van der Waals surface area (Å²) in [6.45, 7) is 6.01. The van der Waals surface area contributed by atoms with Gasteiger partial charge in [0.15, 0.2) is 5.78 Å². The molecule has 0 bridgehead atoms. The summed E-state index contributed by atoms with van der Waals surface area (Å²) >= 11 is 5.63. The zero-order chi connectivity index (χ0) is 13.3. The van der Waals surface area contributed by atoms with Crippen molar-refractivity contribution < 1.29 is 4.79 Å². The summed E-state index contributed by atoms with van der Waals surface area (Å²) in [7, 11) is 0. The Morgan fingerprint density at radius 2 is 1.78 bits per heavy atom. The molecule has 2 nitrogen and oxygen atoms in total. The summed E-state index contributed by atoms with van der Waals surface area (Å²) in [5.41, 5.74) is 5.00. The Morgan fingerprint density at radius 3 is 2.33 bits per heavy atom. The van der Waals surface area contributed by atoms with Gasteiger partial charge < -0.3 is 4.57 Å². The second-order valence-electron chi connectivity index (χ2n) is 4.51. The number of Topliss-reactive ketones (excluding diaryl/α,β-unsaturated/α-hetero) is 1. The molecule has 0 aliphatic heterocycles. The van der Waals surface area contributed by atoms with Gasteiger partial charge in [-0.1, -0.05) is 17.7 Å². The molecule has 0 amide bonds. The molecule has 18 heavy (non-hydrogen) atoms. The van der Waals surface area contributed by atoms with Crippen LogP contribution in [0.25, 0.3) is 5.69 Å².